The van der Waals surface area contributed by atoms with Gasteiger partial charge in [0, 0.05) is 37.2 Å². The molecule has 4 heteroatoms. The second-order valence-electron chi connectivity index (χ2n) is 15.4. The van der Waals surface area contributed by atoms with Crippen molar-refractivity contribution in [3.63, 3.8) is 0 Å². The van der Waals surface area contributed by atoms with E-state index in [2.05, 4.69) is 53.5 Å². The van der Waals surface area contributed by atoms with E-state index in [0.29, 0.717) is 32.6 Å². The summed E-state index contributed by atoms with van der Waals surface area (Å²) >= 11 is 1.12. The Balaban J connectivity index is 1.15. The number of rotatable bonds is 2. The Kier molecular flexibility index (Phi) is 5.13. The summed E-state index contributed by atoms with van der Waals surface area (Å²) < 4.78 is 118. The largest absolute Gasteiger partial charge is 0.422 e. The number of para-hydroxylation sites is 2. The molecule has 59 heavy (non-hydrogen) atoms. The first-order valence-electron chi connectivity index (χ1n) is 25.5. The second kappa shape index (κ2) is 12.4. The zero-order valence-electron chi connectivity index (χ0n) is 43.6. The number of nitrogens with zero attached hydrogens (tertiary/aromatic N) is 2. The first-order chi connectivity index (χ1) is 33.7. The van der Waals surface area contributed by atoms with E-state index in [4.69, 9.17) is 12.6 Å². The first kappa shape index (κ1) is 24.3. The van der Waals surface area contributed by atoms with Crippen molar-refractivity contribution < 1.29 is 20.9 Å². The third-order valence-corrected chi connectivity index (χ3v) is 13.3. The van der Waals surface area contributed by atoms with Crippen LogP contribution >= 0.6 is 11.8 Å². The molecule has 12 rings (SSSR count). The Morgan fingerprint density at radius 1 is 0.542 bits per heavy atom. The van der Waals surface area contributed by atoms with Gasteiger partial charge in [-0.05, 0) is 146 Å². The van der Waals surface area contributed by atoms with E-state index in [1.165, 1.54) is 18.2 Å². The number of benzene rings is 8. The Bertz CT molecular complexity index is 3870. The van der Waals surface area contributed by atoms with Crippen LogP contribution in [0.25, 0.3) is 94.7 Å². The van der Waals surface area contributed by atoms with E-state index in [9.17, 15) is 8.22 Å². The highest BCUT2D eigenvalue weighted by Gasteiger charge is 2.36. The van der Waals surface area contributed by atoms with Gasteiger partial charge in [0.15, 0.2) is 5.58 Å². The number of oxazole rings is 1. The maximum absolute atomic E-state index is 9.39. The molecule has 8 aromatic carbocycles. The third-order valence-electron chi connectivity index (χ3n) is 12.1. The molecule has 3 heterocycles. The van der Waals surface area contributed by atoms with Crippen molar-refractivity contribution in [3.05, 3.63) is 179 Å². The van der Waals surface area contributed by atoms with Crippen LogP contribution in [-0.2, 0) is 5.41 Å². The number of imidazole rings is 1. The number of hydrogen-bond acceptors (Lipinski definition) is 3. The molecule has 0 fully saturated rings. The molecule has 1 aliphatic carbocycles. The smallest absolute Gasteiger partial charge is 0.307 e. The van der Waals surface area contributed by atoms with Gasteiger partial charge in [0.1, 0.15) is 0 Å². The van der Waals surface area contributed by atoms with E-state index in [0.717, 1.165) is 61.8 Å². The van der Waals surface area contributed by atoms with Crippen molar-refractivity contribution in [2.75, 3.05) is 0 Å². The predicted octanol–water partition coefficient (Wildman–Crippen LogP) is 15.3. The maximum Gasteiger partial charge on any atom is 0.307 e. The lowest BCUT2D eigenvalue weighted by Gasteiger charge is -2.37. The lowest BCUT2D eigenvalue weighted by atomic mass is 9.74. The van der Waals surface area contributed by atoms with Gasteiger partial charge >= 0.3 is 5.84 Å². The molecule has 0 amide bonds. The number of fused-ring (bicyclic) bond motifs is 15. The standard InChI is InChI=1S/C55H40N2OS/c1-31-22-26-44-53(50(31)34-24-25-41-39-18-9-8-16-37(39)35-14-6-7-15-36(35)38-17-10-11-19-40(38)43(41)29-34)59-49-28-33(3)42(30-45(49)55(44,4)5)51-32(2)23-27-48-52(51)58-54-56-46-20-12-13-21-47(46)57(48)54/h6-30H,1-5H3/i2D3,3D3,4D3,5D3. The zero-order chi connectivity index (χ0) is 49.7. The van der Waals surface area contributed by atoms with Crippen molar-refractivity contribution in [2.45, 2.75) is 49.5 Å². The van der Waals surface area contributed by atoms with Crippen molar-refractivity contribution in [1.29, 1.82) is 0 Å². The van der Waals surface area contributed by atoms with Gasteiger partial charge in [-0.25, -0.2) is 0 Å². The lowest BCUT2D eigenvalue weighted by Crippen LogP contribution is -2.24. The van der Waals surface area contributed by atoms with Crippen LogP contribution in [0.15, 0.2) is 166 Å². The molecule has 0 saturated heterocycles. The minimum Gasteiger partial charge on any atom is -0.422 e. The van der Waals surface area contributed by atoms with E-state index in [-0.39, 0.29) is 49.7 Å². The van der Waals surface area contributed by atoms with E-state index >= 15 is 0 Å². The van der Waals surface area contributed by atoms with Crippen LogP contribution in [0.3, 0.4) is 0 Å². The van der Waals surface area contributed by atoms with Crippen LogP contribution in [0.1, 0.15) is 58.0 Å². The monoisotopic (exact) mass is 788 g/mol. The SMILES string of the molecule is [2H]C([2H])([2H])c1cc2c(cc1-c1c(C([2H])([2H])[2H])ccc3c1oc1nc4ccccc4n13)C(C([2H])([2H])[2H])(C([2H])([2H])[2H])c1ccc(C)c(-c3ccc4c(c3)-c3ccccc3-c3ccccc3-c3ccccc3-4)c1S2. The average molecular weight is 789 g/mol. The summed E-state index contributed by atoms with van der Waals surface area (Å²) in [6, 6.07) is 47.1. The highest BCUT2D eigenvalue weighted by atomic mass is 32.2. The summed E-state index contributed by atoms with van der Waals surface area (Å²) in [5.74, 6) is 0.121. The molecule has 0 spiro atoms. The van der Waals surface area contributed by atoms with Crippen LogP contribution in [0.5, 0.6) is 0 Å². The summed E-state index contributed by atoms with van der Waals surface area (Å²) in [5, 5.41) is 0. The molecular weight excluding hydrogens is 737 g/mol. The third kappa shape index (κ3) is 4.87. The number of aryl methyl sites for hydroxylation is 3. The quantitative estimate of drug-likeness (QED) is 0.175. The summed E-state index contributed by atoms with van der Waals surface area (Å²) in [7, 11) is 0. The molecule has 0 bridgehead atoms. The molecule has 2 aromatic heterocycles. The lowest BCUT2D eigenvalue weighted by molar-refractivity contribution is 0.607. The van der Waals surface area contributed by atoms with Crippen LogP contribution in [-0.4, -0.2) is 9.38 Å². The Labute approximate surface area is 364 Å². The van der Waals surface area contributed by atoms with E-state index in [1.807, 2.05) is 67.6 Å². The van der Waals surface area contributed by atoms with Gasteiger partial charge in [-0.2, -0.15) is 4.98 Å². The number of hydrogen-bond donors (Lipinski definition) is 0. The van der Waals surface area contributed by atoms with Crippen LogP contribution < -0.4 is 0 Å². The summed E-state index contributed by atoms with van der Waals surface area (Å²) in [5.41, 5.74) is 8.07. The fourth-order valence-electron chi connectivity index (χ4n) is 9.39. The number of aromatic nitrogens is 2. The fourth-order valence-corrected chi connectivity index (χ4v) is 10.8. The van der Waals surface area contributed by atoms with Crippen molar-refractivity contribution >= 4 is 39.7 Å². The zero-order valence-corrected chi connectivity index (χ0v) is 32.5. The second-order valence-corrected chi connectivity index (χ2v) is 16.5. The molecular formula is C55H40N2OS. The van der Waals surface area contributed by atoms with Gasteiger partial charge in [0.25, 0.3) is 0 Å². The Morgan fingerprint density at radius 3 is 1.85 bits per heavy atom. The van der Waals surface area contributed by atoms with Gasteiger partial charge in [0.2, 0.25) is 0 Å². The molecule has 3 nitrogen and oxygen atoms in total. The van der Waals surface area contributed by atoms with Gasteiger partial charge in [0.05, 0.1) is 16.6 Å². The van der Waals surface area contributed by atoms with Gasteiger partial charge < -0.3 is 4.42 Å². The van der Waals surface area contributed by atoms with Crippen molar-refractivity contribution in [2.24, 2.45) is 0 Å². The highest BCUT2D eigenvalue weighted by Crippen LogP contribution is 2.56. The summed E-state index contributed by atoms with van der Waals surface area (Å²) in [6.07, 6.45) is 0. The Hall–Kier alpha value is -6.62. The first-order valence-corrected chi connectivity index (χ1v) is 20.3. The molecule has 0 radical (unpaired) electrons. The highest BCUT2D eigenvalue weighted by molar-refractivity contribution is 7.99. The molecule has 2 aliphatic rings. The molecule has 0 saturated carbocycles. The van der Waals surface area contributed by atoms with E-state index < -0.39 is 32.8 Å². The fraction of sp³-hybridized carbons (Fsp3) is 0.109. The maximum atomic E-state index is 9.39. The molecule has 0 N–H and O–H groups in total. The molecule has 1 aliphatic heterocycles. The predicted molar refractivity (Wildman–Crippen MR) is 246 cm³/mol. The summed E-state index contributed by atoms with van der Waals surface area (Å²) in [4.78, 5) is 5.10. The van der Waals surface area contributed by atoms with Crippen LogP contribution in [0, 0.1) is 20.6 Å². The molecule has 0 unspecified atom stereocenters. The van der Waals surface area contributed by atoms with Crippen LogP contribution in [0.4, 0.5) is 0 Å². The normalized spacial score (nSPS) is 17.4. The minimum absolute atomic E-state index is 0.000864. The minimum atomic E-state index is -3.28. The topological polar surface area (TPSA) is 30.4 Å². The summed E-state index contributed by atoms with van der Waals surface area (Å²) in [6.45, 7) is -10.4. The van der Waals surface area contributed by atoms with Gasteiger partial charge in [-0.15, -0.1) is 0 Å². The average Bonchev–Trinajstić information content (AvgIpc) is 3.87. The Morgan fingerprint density at radius 2 is 1.17 bits per heavy atom. The van der Waals surface area contributed by atoms with Crippen molar-refractivity contribution in [3.8, 4) is 66.8 Å². The van der Waals surface area contributed by atoms with Crippen LogP contribution in [0.2, 0.25) is 0 Å². The van der Waals surface area contributed by atoms with Gasteiger partial charge in [-0.3, -0.25) is 4.40 Å². The van der Waals surface area contributed by atoms with Gasteiger partial charge in [-0.1, -0.05) is 141 Å². The van der Waals surface area contributed by atoms with E-state index in [1.54, 1.807) is 28.7 Å². The molecule has 10 aromatic rings. The molecule has 282 valence electrons. The molecule has 0 atom stereocenters. The van der Waals surface area contributed by atoms with Crippen molar-refractivity contribution in [1.82, 2.24) is 9.38 Å².